The standard InChI is InChI=1S/C23H22BN4O2/c1-30-20-11-9-19(10-12-20)25-22-14-21(17-6-3-2-4-7-17)26-23(27-22)18-8-5-13-28(15-18)24-16-29/h2-4,6-7,9-12,14-16H,5,8,13H2,1H3,(H,25,26,27). The van der Waals surface area contributed by atoms with E-state index < -0.39 is 0 Å². The highest BCUT2D eigenvalue weighted by Crippen LogP contribution is 2.28. The molecule has 0 unspecified atom stereocenters. The number of carbonyl (C=O) groups is 1. The number of aromatic nitrogens is 2. The van der Waals surface area contributed by atoms with Gasteiger partial charge in [0, 0.05) is 29.4 Å². The zero-order chi connectivity index (χ0) is 20.8. The van der Waals surface area contributed by atoms with Gasteiger partial charge in [-0.2, -0.15) is 0 Å². The Labute approximate surface area is 176 Å². The Hall–Kier alpha value is -3.61. The number of benzene rings is 2. The summed E-state index contributed by atoms with van der Waals surface area (Å²) < 4.78 is 5.23. The monoisotopic (exact) mass is 397 g/mol. The van der Waals surface area contributed by atoms with Crippen LogP contribution in [0.4, 0.5) is 11.5 Å². The van der Waals surface area contributed by atoms with Gasteiger partial charge < -0.3 is 19.7 Å². The van der Waals surface area contributed by atoms with Crippen LogP contribution in [0.15, 0.2) is 66.9 Å². The van der Waals surface area contributed by atoms with E-state index in [9.17, 15) is 4.79 Å². The van der Waals surface area contributed by atoms with Crippen LogP contribution in [0.5, 0.6) is 5.75 Å². The largest absolute Gasteiger partial charge is 0.497 e. The number of methoxy groups -OCH3 is 1. The summed E-state index contributed by atoms with van der Waals surface area (Å²) >= 11 is 0. The van der Waals surface area contributed by atoms with Crippen LogP contribution in [-0.2, 0) is 4.79 Å². The third-order valence-corrected chi connectivity index (χ3v) is 4.88. The molecule has 4 rings (SSSR count). The molecule has 0 aliphatic carbocycles. The molecule has 6 nitrogen and oxygen atoms in total. The van der Waals surface area contributed by atoms with Gasteiger partial charge in [0.2, 0.25) is 0 Å². The Kier molecular flexibility index (Phi) is 6.08. The third kappa shape index (κ3) is 4.68. The zero-order valence-corrected chi connectivity index (χ0v) is 16.8. The lowest BCUT2D eigenvalue weighted by molar-refractivity contribution is 0.415. The molecule has 2 heterocycles. The van der Waals surface area contributed by atoms with Gasteiger partial charge in [0.1, 0.15) is 17.8 Å². The van der Waals surface area contributed by atoms with E-state index in [1.807, 2.05) is 71.7 Å². The van der Waals surface area contributed by atoms with Crippen molar-refractivity contribution in [1.29, 1.82) is 0 Å². The smallest absolute Gasteiger partial charge is 0.328 e. The topological polar surface area (TPSA) is 67.3 Å². The Morgan fingerprint density at radius 1 is 1.10 bits per heavy atom. The quantitative estimate of drug-likeness (QED) is 0.478. The molecule has 0 atom stereocenters. The van der Waals surface area contributed by atoms with E-state index in [0.29, 0.717) is 11.6 Å². The second-order valence-corrected chi connectivity index (χ2v) is 6.96. The highest BCUT2D eigenvalue weighted by atomic mass is 16.5. The van der Waals surface area contributed by atoms with Crippen LogP contribution in [0.1, 0.15) is 18.7 Å². The van der Waals surface area contributed by atoms with Gasteiger partial charge >= 0.3 is 7.41 Å². The fraction of sp³-hybridized carbons (Fsp3) is 0.174. The second kappa shape index (κ2) is 9.26. The van der Waals surface area contributed by atoms with E-state index in [0.717, 1.165) is 53.8 Å². The number of hydrogen-bond acceptors (Lipinski definition) is 6. The van der Waals surface area contributed by atoms with E-state index >= 15 is 0 Å². The minimum atomic E-state index is 0.663. The van der Waals surface area contributed by atoms with Crippen molar-refractivity contribution in [3.63, 3.8) is 0 Å². The highest BCUT2D eigenvalue weighted by molar-refractivity contribution is 6.64. The number of rotatable bonds is 7. The molecule has 1 aromatic heterocycles. The van der Waals surface area contributed by atoms with Crippen LogP contribution >= 0.6 is 0 Å². The van der Waals surface area contributed by atoms with Crippen molar-refractivity contribution in [1.82, 2.24) is 14.8 Å². The molecular weight excluding hydrogens is 375 g/mol. The molecule has 7 heteroatoms. The zero-order valence-electron chi connectivity index (χ0n) is 16.8. The van der Waals surface area contributed by atoms with E-state index in [1.165, 1.54) is 7.41 Å². The first kappa shape index (κ1) is 19.7. The molecule has 2 aromatic carbocycles. The van der Waals surface area contributed by atoms with E-state index in [2.05, 4.69) is 5.32 Å². The first-order chi connectivity index (χ1) is 14.7. The van der Waals surface area contributed by atoms with Gasteiger partial charge in [-0.3, -0.25) is 0 Å². The van der Waals surface area contributed by atoms with Crippen LogP contribution in [0.3, 0.4) is 0 Å². The summed E-state index contributed by atoms with van der Waals surface area (Å²) in [4.78, 5) is 22.4. The number of nitrogens with zero attached hydrogens (tertiary/aromatic N) is 3. The number of hydrogen-bond donors (Lipinski definition) is 1. The number of allylic oxidation sites excluding steroid dienone is 1. The molecule has 1 aliphatic rings. The van der Waals surface area contributed by atoms with Gasteiger partial charge in [0.25, 0.3) is 0 Å². The molecule has 3 aromatic rings. The first-order valence-electron chi connectivity index (χ1n) is 9.86. The van der Waals surface area contributed by atoms with Crippen LogP contribution in [0.25, 0.3) is 16.8 Å². The maximum Gasteiger partial charge on any atom is 0.328 e. The average molecular weight is 397 g/mol. The van der Waals surface area contributed by atoms with Crippen LogP contribution in [0, 0.1) is 0 Å². The van der Waals surface area contributed by atoms with Crippen LogP contribution in [-0.4, -0.2) is 42.0 Å². The molecule has 149 valence electrons. The van der Waals surface area contributed by atoms with Crippen molar-refractivity contribution in [3.05, 3.63) is 72.7 Å². The Balaban J connectivity index is 1.72. The molecule has 0 spiro atoms. The molecule has 0 bridgehead atoms. The molecular formula is C23H22BN4O2. The molecule has 0 amide bonds. The van der Waals surface area contributed by atoms with Gasteiger partial charge in [0.05, 0.1) is 12.8 Å². The Morgan fingerprint density at radius 2 is 1.90 bits per heavy atom. The fourth-order valence-corrected chi connectivity index (χ4v) is 3.38. The molecule has 1 radical (unpaired) electrons. The van der Waals surface area contributed by atoms with Crippen molar-refractivity contribution < 1.29 is 9.53 Å². The SMILES string of the molecule is COc1ccc(Nc2cc(-c3ccccc3)nc(C3=CN([B]C=O)CCC3)n2)cc1. The summed E-state index contributed by atoms with van der Waals surface area (Å²) in [5, 5.41) is 3.37. The van der Waals surface area contributed by atoms with Crippen molar-refractivity contribution >= 4 is 30.7 Å². The van der Waals surface area contributed by atoms with Gasteiger partial charge in [0.15, 0.2) is 5.82 Å². The predicted octanol–water partition coefficient (Wildman–Crippen LogP) is 4.14. The lowest BCUT2D eigenvalue weighted by atomic mass is 9.91. The number of carbonyl (C=O) groups excluding carboxylic acids is 1. The maximum atomic E-state index is 10.9. The van der Waals surface area contributed by atoms with E-state index in [-0.39, 0.29) is 0 Å². The van der Waals surface area contributed by atoms with Crippen molar-refractivity contribution in [3.8, 4) is 17.0 Å². The van der Waals surface area contributed by atoms with Gasteiger partial charge in [-0.1, -0.05) is 30.3 Å². The minimum absolute atomic E-state index is 0.663. The molecule has 0 fully saturated rings. The number of ether oxygens (including phenoxy) is 1. The molecule has 1 aliphatic heterocycles. The summed E-state index contributed by atoms with van der Waals surface area (Å²) in [6, 6.07) is 19.7. The molecule has 0 saturated heterocycles. The first-order valence-corrected chi connectivity index (χ1v) is 9.86. The summed E-state index contributed by atoms with van der Waals surface area (Å²) in [7, 11) is 3.19. The van der Waals surface area contributed by atoms with Crippen molar-refractivity contribution in [2.75, 3.05) is 19.0 Å². The fourth-order valence-electron chi connectivity index (χ4n) is 3.38. The lowest BCUT2D eigenvalue weighted by Gasteiger charge is -2.24. The normalized spacial score (nSPS) is 13.4. The van der Waals surface area contributed by atoms with E-state index in [1.54, 1.807) is 7.11 Å². The van der Waals surface area contributed by atoms with Gasteiger partial charge in [-0.25, -0.2) is 9.97 Å². The molecule has 30 heavy (non-hydrogen) atoms. The lowest BCUT2D eigenvalue weighted by Crippen LogP contribution is -2.27. The Morgan fingerprint density at radius 3 is 2.63 bits per heavy atom. The van der Waals surface area contributed by atoms with E-state index in [4.69, 9.17) is 14.7 Å². The maximum absolute atomic E-state index is 10.9. The van der Waals surface area contributed by atoms with Crippen LogP contribution < -0.4 is 10.1 Å². The Bertz CT molecular complexity index is 1040. The average Bonchev–Trinajstić information content (AvgIpc) is 2.80. The van der Waals surface area contributed by atoms with Gasteiger partial charge in [-0.15, -0.1) is 0 Å². The van der Waals surface area contributed by atoms with Crippen LogP contribution in [0.2, 0.25) is 0 Å². The number of nitrogens with one attached hydrogen (secondary N) is 1. The predicted molar refractivity (Wildman–Crippen MR) is 120 cm³/mol. The third-order valence-electron chi connectivity index (χ3n) is 4.88. The van der Waals surface area contributed by atoms with Gasteiger partial charge in [-0.05, 0) is 43.3 Å². The number of anilines is 2. The molecule has 1 N–H and O–H groups in total. The van der Waals surface area contributed by atoms with Crippen molar-refractivity contribution in [2.45, 2.75) is 12.8 Å². The highest BCUT2D eigenvalue weighted by Gasteiger charge is 2.16. The second-order valence-electron chi connectivity index (χ2n) is 6.96. The summed E-state index contributed by atoms with van der Waals surface area (Å²) in [6.07, 6.45) is 4.57. The summed E-state index contributed by atoms with van der Waals surface area (Å²) in [6.45, 7) is 0.817. The van der Waals surface area contributed by atoms with Crippen molar-refractivity contribution in [2.24, 2.45) is 0 Å². The summed E-state index contributed by atoms with van der Waals surface area (Å²) in [5.74, 6) is 2.17. The molecule has 0 saturated carbocycles. The summed E-state index contributed by atoms with van der Waals surface area (Å²) in [5.41, 5.74) is 3.78. The minimum Gasteiger partial charge on any atom is -0.497 e.